The van der Waals surface area contributed by atoms with Gasteiger partial charge in [0.25, 0.3) is 0 Å². The van der Waals surface area contributed by atoms with Crippen LogP contribution in [0.3, 0.4) is 0 Å². The lowest BCUT2D eigenvalue weighted by Crippen LogP contribution is -2.10. The van der Waals surface area contributed by atoms with Crippen LogP contribution in [0, 0.1) is 0 Å². The first-order chi connectivity index (χ1) is 9.79. The van der Waals surface area contributed by atoms with Crippen molar-refractivity contribution in [3.05, 3.63) is 53.6 Å². The van der Waals surface area contributed by atoms with E-state index in [1.54, 1.807) is 6.07 Å². The number of hydrogen-bond acceptors (Lipinski definition) is 3. The van der Waals surface area contributed by atoms with Crippen molar-refractivity contribution >= 4 is 23.2 Å². The minimum absolute atomic E-state index is 0.385. The van der Waals surface area contributed by atoms with Gasteiger partial charge in [-0.25, -0.2) is 0 Å². The molecule has 1 aliphatic rings. The van der Waals surface area contributed by atoms with Gasteiger partial charge in [-0.05, 0) is 24.6 Å². The fraction of sp³-hybridized carbons (Fsp3) is 0.235. The molecule has 0 atom stereocenters. The van der Waals surface area contributed by atoms with Crippen LogP contribution >= 0.6 is 11.8 Å². The third kappa shape index (κ3) is 2.46. The Bertz CT molecular complexity index is 664. The molecular weight excluding hydrogens is 266 g/mol. The molecule has 0 fully saturated rings. The van der Waals surface area contributed by atoms with Crippen molar-refractivity contribution in [2.75, 3.05) is 5.75 Å². The molecule has 3 heteroatoms. The van der Waals surface area contributed by atoms with Gasteiger partial charge >= 0.3 is 0 Å². The smallest absolute Gasteiger partial charge is 0.119 e. The summed E-state index contributed by atoms with van der Waals surface area (Å²) >= 11 is 1.81. The van der Waals surface area contributed by atoms with Crippen molar-refractivity contribution in [2.45, 2.75) is 24.7 Å². The average molecular weight is 283 g/mol. The molecule has 3 rings (SSSR count). The number of phenolic OH excluding ortho intramolecular Hbond substituents is 1. The monoisotopic (exact) mass is 283 g/mol. The molecule has 0 amide bonds. The van der Waals surface area contributed by atoms with Gasteiger partial charge in [0.05, 0.1) is 11.4 Å². The lowest BCUT2D eigenvalue weighted by Gasteiger charge is -2.18. The number of para-hydroxylation sites is 1. The molecule has 20 heavy (non-hydrogen) atoms. The van der Waals surface area contributed by atoms with E-state index >= 15 is 0 Å². The molecule has 1 heterocycles. The van der Waals surface area contributed by atoms with Gasteiger partial charge in [-0.2, -0.15) is 0 Å². The Morgan fingerprint density at radius 2 is 2.00 bits per heavy atom. The lowest BCUT2D eigenvalue weighted by molar-refractivity contribution is 0.467. The highest BCUT2D eigenvalue weighted by molar-refractivity contribution is 8.00. The summed E-state index contributed by atoms with van der Waals surface area (Å²) in [6.07, 6.45) is 1.90. The summed E-state index contributed by atoms with van der Waals surface area (Å²) in [6.45, 7) is 2.13. The number of hydrogen-bond donors (Lipinski definition) is 1. The maximum absolute atomic E-state index is 10.1. The zero-order valence-corrected chi connectivity index (χ0v) is 12.3. The van der Waals surface area contributed by atoms with E-state index in [2.05, 4.69) is 19.1 Å². The minimum Gasteiger partial charge on any atom is -0.508 e. The van der Waals surface area contributed by atoms with E-state index in [1.165, 1.54) is 4.90 Å². The normalized spacial score (nSPS) is 13.8. The lowest BCUT2D eigenvalue weighted by atomic mass is 9.98. The van der Waals surface area contributed by atoms with Crippen molar-refractivity contribution < 1.29 is 5.11 Å². The zero-order valence-electron chi connectivity index (χ0n) is 11.5. The highest BCUT2D eigenvalue weighted by atomic mass is 32.2. The molecule has 0 aliphatic carbocycles. The number of phenols is 1. The summed E-state index contributed by atoms with van der Waals surface area (Å²) in [4.78, 5) is 6.01. The molecule has 2 aromatic rings. The average Bonchev–Trinajstić information content (AvgIpc) is 2.49. The Balaban J connectivity index is 2.07. The predicted molar refractivity (Wildman–Crippen MR) is 85.5 cm³/mol. The largest absolute Gasteiger partial charge is 0.508 e. The topological polar surface area (TPSA) is 32.6 Å². The third-order valence-electron chi connectivity index (χ3n) is 3.45. The van der Waals surface area contributed by atoms with E-state index < -0.39 is 0 Å². The molecule has 0 radical (unpaired) electrons. The number of aliphatic imine (C=N–C) groups is 1. The van der Waals surface area contributed by atoms with Crippen molar-refractivity contribution in [2.24, 2.45) is 4.99 Å². The summed E-state index contributed by atoms with van der Waals surface area (Å²) in [5.41, 5.74) is 4.21. The molecule has 0 saturated carbocycles. The van der Waals surface area contributed by atoms with Gasteiger partial charge in [0, 0.05) is 21.8 Å². The molecule has 0 saturated heterocycles. The molecule has 0 bridgehead atoms. The van der Waals surface area contributed by atoms with Gasteiger partial charge < -0.3 is 5.11 Å². The number of nitrogens with zero attached hydrogens (tertiary/aromatic N) is 1. The number of fused-ring (bicyclic) bond motifs is 1. The quantitative estimate of drug-likeness (QED) is 0.895. The van der Waals surface area contributed by atoms with Crippen molar-refractivity contribution in [3.8, 4) is 5.75 Å². The Morgan fingerprint density at radius 1 is 1.15 bits per heavy atom. The van der Waals surface area contributed by atoms with Gasteiger partial charge in [0.15, 0.2) is 0 Å². The highest BCUT2D eigenvalue weighted by Crippen LogP contribution is 2.36. The van der Waals surface area contributed by atoms with Gasteiger partial charge in [0.2, 0.25) is 0 Å². The van der Waals surface area contributed by atoms with Crippen LogP contribution in [0.4, 0.5) is 5.69 Å². The number of rotatable bonds is 3. The van der Waals surface area contributed by atoms with Crippen LogP contribution in [0.15, 0.2) is 52.4 Å². The van der Waals surface area contributed by atoms with Gasteiger partial charge in [-0.15, -0.1) is 11.8 Å². The van der Waals surface area contributed by atoms with Crippen LogP contribution in [-0.4, -0.2) is 16.6 Å². The fourth-order valence-electron chi connectivity index (χ4n) is 2.49. The molecule has 1 N–H and O–H groups in total. The maximum Gasteiger partial charge on any atom is 0.119 e. The van der Waals surface area contributed by atoms with E-state index in [-0.39, 0.29) is 0 Å². The zero-order chi connectivity index (χ0) is 13.9. The van der Waals surface area contributed by atoms with Crippen LogP contribution in [-0.2, 0) is 6.42 Å². The van der Waals surface area contributed by atoms with Crippen molar-refractivity contribution in [1.82, 2.24) is 0 Å². The molecule has 2 aromatic carbocycles. The Hall–Kier alpha value is -1.74. The van der Waals surface area contributed by atoms with E-state index in [4.69, 9.17) is 4.99 Å². The first-order valence-corrected chi connectivity index (χ1v) is 7.88. The summed E-state index contributed by atoms with van der Waals surface area (Å²) in [6, 6.07) is 13.9. The molecule has 0 aromatic heterocycles. The summed E-state index contributed by atoms with van der Waals surface area (Å²) < 4.78 is 0. The van der Waals surface area contributed by atoms with E-state index in [9.17, 15) is 5.11 Å². The molecule has 0 unspecified atom stereocenters. The van der Waals surface area contributed by atoms with Crippen LogP contribution in [0.25, 0.3) is 0 Å². The van der Waals surface area contributed by atoms with Gasteiger partial charge in [-0.1, -0.05) is 37.6 Å². The van der Waals surface area contributed by atoms with Crippen LogP contribution in [0.2, 0.25) is 0 Å². The second-order valence-electron chi connectivity index (χ2n) is 4.87. The van der Waals surface area contributed by atoms with E-state index in [0.29, 0.717) is 5.75 Å². The SMILES string of the molecule is CCCc1c(O)cccc1C1=Nc2ccccc2SC1. The first kappa shape index (κ1) is 13.3. The number of benzene rings is 2. The van der Waals surface area contributed by atoms with Crippen LogP contribution in [0.5, 0.6) is 5.75 Å². The molecule has 2 nitrogen and oxygen atoms in total. The number of aromatic hydroxyl groups is 1. The Morgan fingerprint density at radius 3 is 2.85 bits per heavy atom. The second-order valence-corrected chi connectivity index (χ2v) is 5.89. The third-order valence-corrected chi connectivity index (χ3v) is 4.52. The fourth-order valence-corrected chi connectivity index (χ4v) is 3.44. The van der Waals surface area contributed by atoms with E-state index in [1.807, 2.05) is 36.0 Å². The first-order valence-electron chi connectivity index (χ1n) is 6.90. The Labute approximate surface area is 123 Å². The van der Waals surface area contributed by atoms with Crippen molar-refractivity contribution in [1.29, 1.82) is 0 Å². The van der Waals surface area contributed by atoms with Gasteiger partial charge in [0.1, 0.15) is 5.75 Å². The highest BCUT2D eigenvalue weighted by Gasteiger charge is 2.17. The number of thioether (sulfide) groups is 1. The van der Waals surface area contributed by atoms with Crippen LogP contribution in [0.1, 0.15) is 24.5 Å². The summed E-state index contributed by atoms with van der Waals surface area (Å²) in [5.74, 6) is 1.24. The molecule has 102 valence electrons. The summed E-state index contributed by atoms with van der Waals surface area (Å²) in [5, 5.41) is 10.1. The Kier molecular flexibility index (Phi) is 3.79. The second kappa shape index (κ2) is 5.71. The maximum atomic E-state index is 10.1. The standard InChI is InChI=1S/C17H17NOS/c1-2-6-13-12(7-5-9-16(13)19)15-11-20-17-10-4-3-8-14(17)18-15/h3-5,7-10,19H,2,6,11H2,1H3. The van der Waals surface area contributed by atoms with Gasteiger partial charge in [-0.3, -0.25) is 4.99 Å². The molecule has 0 spiro atoms. The predicted octanol–water partition coefficient (Wildman–Crippen LogP) is 4.57. The van der Waals surface area contributed by atoms with E-state index in [0.717, 1.165) is 41.1 Å². The van der Waals surface area contributed by atoms with Crippen molar-refractivity contribution in [3.63, 3.8) is 0 Å². The molecular formula is C17H17NOS. The van der Waals surface area contributed by atoms with Crippen LogP contribution < -0.4 is 0 Å². The molecule has 1 aliphatic heterocycles. The summed E-state index contributed by atoms with van der Waals surface area (Å²) in [7, 11) is 0. The minimum atomic E-state index is 0.385.